The number of phenols is 2. The van der Waals surface area contributed by atoms with Crippen LogP contribution in [0.3, 0.4) is 0 Å². The number of benzene rings is 1. The highest BCUT2D eigenvalue weighted by Gasteiger charge is 2.08. The van der Waals surface area contributed by atoms with E-state index >= 15 is 0 Å². The maximum Gasteiger partial charge on any atom is 0.159 e. The number of rotatable bonds is 1. The Kier molecular flexibility index (Phi) is 2.11. The zero-order valence-corrected chi connectivity index (χ0v) is 8.52. The van der Waals surface area contributed by atoms with Gasteiger partial charge in [-0.1, -0.05) is 0 Å². The first kappa shape index (κ1) is 9.58. The van der Waals surface area contributed by atoms with Gasteiger partial charge in [-0.05, 0) is 6.07 Å². The Morgan fingerprint density at radius 1 is 1.20 bits per heavy atom. The first-order chi connectivity index (χ1) is 7.09. The topological polar surface area (TPSA) is 56.6 Å². The van der Waals surface area contributed by atoms with Crippen molar-refractivity contribution in [3.63, 3.8) is 0 Å². The van der Waals surface area contributed by atoms with Crippen molar-refractivity contribution in [1.29, 1.82) is 0 Å². The van der Waals surface area contributed by atoms with Crippen LogP contribution in [-0.4, -0.2) is 29.3 Å². The van der Waals surface area contributed by atoms with Crippen molar-refractivity contribution in [2.45, 2.75) is 0 Å². The van der Waals surface area contributed by atoms with E-state index in [0.717, 1.165) is 11.1 Å². The Hall–Kier alpha value is -1.97. The third kappa shape index (κ3) is 1.54. The van der Waals surface area contributed by atoms with E-state index in [1.807, 2.05) is 19.0 Å². The summed E-state index contributed by atoms with van der Waals surface area (Å²) in [6, 6.07) is 5.91. The normalized spacial score (nSPS) is 10.5. The summed E-state index contributed by atoms with van der Waals surface area (Å²) in [7, 11) is 3.77. The summed E-state index contributed by atoms with van der Waals surface area (Å²) in [4.78, 5) is 5.95. The molecule has 0 bridgehead atoms. The standard InChI is InChI=1S/C11H11N2O2/c1-13(2)9-3-4-12-8-6-11(15)10(14)5-7(8)9/h4-6,14-15H,1-2H3. The third-order valence-corrected chi connectivity index (χ3v) is 2.20. The summed E-state index contributed by atoms with van der Waals surface area (Å²) in [5.74, 6) is -0.307. The van der Waals surface area contributed by atoms with Crippen molar-refractivity contribution < 1.29 is 10.2 Å². The molecule has 0 saturated heterocycles. The summed E-state index contributed by atoms with van der Waals surface area (Å²) in [6.07, 6.45) is 1.55. The van der Waals surface area contributed by atoms with E-state index in [9.17, 15) is 10.2 Å². The number of hydrogen-bond donors (Lipinski definition) is 2. The van der Waals surface area contributed by atoms with E-state index in [1.54, 1.807) is 6.20 Å². The van der Waals surface area contributed by atoms with Crippen LogP contribution in [0.25, 0.3) is 10.9 Å². The first-order valence-corrected chi connectivity index (χ1v) is 4.49. The van der Waals surface area contributed by atoms with E-state index in [2.05, 4.69) is 11.1 Å². The highest BCUT2D eigenvalue weighted by Crippen LogP contribution is 2.33. The number of pyridine rings is 1. The van der Waals surface area contributed by atoms with Crippen LogP contribution in [0, 0.1) is 6.07 Å². The Bertz CT molecular complexity index is 509. The minimum Gasteiger partial charge on any atom is -0.504 e. The lowest BCUT2D eigenvalue weighted by Gasteiger charge is -2.14. The molecule has 1 aromatic heterocycles. The summed E-state index contributed by atoms with van der Waals surface area (Å²) in [5.41, 5.74) is 1.46. The summed E-state index contributed by atoms with van der Waals surface area (Å²) in [6.45, 7) is 0. The molecule has 2 N–H and O–H groups in total. The van der Waals surface area contributed by atoms with Crippen molar-refractivity contribution in [3.05, 3.63) is 24.4 Å². The van der Waals surface area contributed by atoms with Crippen LogP contribution in [0.15, 0.2) is 18.3 Å². The average molecular weight is 203 g/mol. The molecule has 2 aromatic rings. The molecule has 0 spiro atoms. The second-order valence-electron chi connectivity index (χ2n) is 3.50. The van der Waals surface area contributed by atoms with Crippen LogP contribution in [0.4, 0.5) is 5.69 Å². The molecule has 2 rings (SSSR count). The number of fused-ring (bicyclic) bond motifs is 1. The van der Waals surface area contributed by atoms with Gasteiger partial charge in [-0.3, -0.25) is 4.98 Å². The molecule has 0 atom stereocenters. The molecular weight excluding hydrogens is 192 g/mol. The Morgan fingerprint density at radius 3 is 2.53 bits per heavy atom. The number of anilines is 1. The van der Waals surface area contributed by atoms with Gasteiger partial charge in [0.15, 0.2) is 11.5 Å². The van der Waals surface area contributed by atoms with Gasteiger partial charge in [0.1, 0.15) is 0 Å². The summed E-state index contributed by atoms with van der Waals surface area (Å²) >= 11 is 0. The fourth-order valence-corrected chi connectivity index (χ4v) is 1.47. The number of nitrogens with zero attached hydrogens (tertiary/aromatic N) is 2. The van der Waals surface area contributed by atoms with Crippen LogP contribution in [0.5, 0.6) is 11.5 Å². The van der Waals surface area contributed by atoms with Gasteiger partial charge in [-0.2, -0.15) is 0 Å². The summed E-state index contributed by atoms with van der Waals surface area (Å²) in [5, 5.41) is 19.5. The first-order valence-electron chi connectivity index (χ1n) is 4.49. The van der Waals surface area contributed by atoms with Crippen molar-refractivity contribution in [1.82, 2.24) is 4.98 Å². The zero-order valence-electron chi connectivity index (χ0n) is 8.52. The molecule has 77 valence electrons. The number of aromatic nitrogens is 1. The lowest BCUT2D eigenvalue weighted by Crippen LogP contribution is -2.09. The van der Waals surface area contributed by atoms with Gasteiger partial charge in [-0.25, -0.2) is 0 Å². The molecule has 0 aliphatic rings. The smallest absolute Gasteiger partial charge is 0.159 e. The zero-order chi connectivity index (χ0) is 11.0. The highest BCUT2D eigenvalue weighted by atomic mass is 16.3. The van der Waals surface area contributed by atoms with E-state index in [1.165, 1.54) is 12.1 Å². The largest absolute Gasteiger partial charge is 0.504 e. The summed E-state index contributed by atoms with van der Waals surface area (Å²) < 4.78 is 0. The molecule has 0 fully saturated rings. The van der Waals surface area contributed by atoms with E-state index in [-0.39, 0.29) is 11.5 Å². The minimum absolute atomic E-state index is 0.146. The predicted molar refractivity (Wildman–Crippen MR) is 58.2 cm³/mol. The van der Waals surface area contributed by atoms with E-state index < -0.39 is 0 Å². The molecule has 4 heteroatoms. The van der Waals surface area contributed by atoms with E-state index in [4.69, 9.17) is 0 Å². The van der Waals surface area contributed by atoms with Gasteiger partial charge < -0.3 is 15.1 Å². The van der Waals surface area contributed by atoms with Gasteiger partial charge in [-0.15, -0.1) is 0 Å². The van der Waals surface area contributed by atoms with Gasteiger partial charge in [0.2, 0.25) is 0 Å². The molecule has 4 nitrogen and oxygen atoms in total. The van der Waals surface area contributed by atoms with Crippen LogP contribution in [-0.2, 0) is 0 Å². The quantitative estimate of drug-likeness (QED) is 0.690. The maximum atomic E-state index is 9.41. The number of aromatic hydroxyl groups is 2. The Labute approximate surface area is 87.4 Å². The molecule has 0 saturated carbocycles. The highest BCUT2D eigenvalue weighted by molar-refractivity contribution is 5.93. The maximum absolute atomic E-state index is 9.41. The molecule has 1 aromatic carbocycles. The van der Waals surface area contributed by atoms with Crippen LogP contribution in [0.2, 0.25) is 0 Å². The average Bonchev–Trinajstić information content (AvgIpc) is 2.18. The molecule has 1 heterocycles. The SMILES string of the molecule is CN(C)c1[c]cnc2cc(O)c(O)cc12. The number of phenolic OH excluding ortho intramolecular Hbond substituents is 2. The molecule has 0 aliphatic carbocycles. The molecule has 0 aliphatic heterocycles. The molecule has 0 unspecified atom stereocenters. The van der Waals surface area contributed by atoms with Crippen molar-refractivity contribution in [3.8, 4) is 11.5 Å². The number of hydrogen-bond acceptors (Lipinski definition) is 4. The predicted octanol–water partition coefficient (Wildman–Crippen LogP) is 1.51. The van der Waals surface area contributed by atoms with E-state index in [0.29, 0.717) is 5.52 Å². The second-order valence-corrected chi connectivity index (χ2v) is 3.50. The Morgan fingerprint density at radius 2 is 1.87 bits per heavy atom. The molecule has 15 heavy (non-hydrogen) atoms. The molecule has 0 amide bonds. The molecular formula is C11H11N2O2. The Balaban J connectivity index is 2.80. The van der Waals surface area contributed by atoms with Gasteiger partial charge in [0.25, 0.3) is 0 Å². The molecule has 1 radical (unpaired) electrons. The van der Waals surface area contributed by atoms with Gasteiger partial charge >= 0.3 is 0 Å². The van der Waals surface area contributed by atoms with Gasteiger partial charge in [0, 0.05) is 37.8 Å². The monoisotopic (exact) mass is 203 g/mol. The van der Waals surface area contributed by atoms with Crippen LogP contribution in [0.1, 0.15) is 0 Å². The third-order valence-electron chi connectivity index (χ3n) is 2.20. The second kappa shape index (κ2) is 3.31. The lowest BCUT2D eigenvalue weighted by molar-refractivity contribution is 0.405. The van der Waals surface area contributed by atoms with Crippen molar-refractivity contribution in [2.75, 3.05) is 19.0 Å². The van der Waals surface area contributed by atoms with Crippen LogP contribution >= 0.6 is 0 Å². The lowest BCUT2D eigenvalue weighted by atomic mass is 10.1. The van der Waals surface area contributed by atoms with Crippen LogP contribution < -0.4 is 4.90 Å². The minimum atomic E-state index is -0.161. The van der Waals surface area contributed by atoms with Crippen molar-refractivity contribution in [2.24, 2.45) is 0 Å². The van der Waals surface area contributed by atoms with Crippen molar-refractivity contribution >= 4 is 16.6 Å². The fourth-order valence-electron chi connectivity index (χ4n) is 1.47. The fraction of sp³-hybridized carbons (Fsp3) is 0.182. The van der Waals surface area contributed by atoms with Gasteiger partial charge in [0.05, 0.1) is 11.2 Å².